The van der Waals surface area contributed by atoms with Gasteiger partial charge < -0.3 is 10.1 Å². The predicted octanol–water partition coefficient (Wildman–Crippen LogP) is 1.39. The van der Waals surface area contributed by atoms with Crippen molar-refractivity contribution < 1.29 is 19.1 Å². The molecule has 0 radical (unpaired) electrons. The molecular formula is C17H23N3O4. The monoisotopic (exact) mass is 333 g/mol. The molecule has 0 spiro atoms. The highest BCUT2D eigenvalue weighted by Crippen LogP contribution is 2.22. The molecule has 1 heterocycles. The molecule has 1 aliphatic rings. The Morgan fingerprint density at radius 3 is 2.62 bits per heavy atom. The van der Waals surface area contributed by atoms with E-state index in [2.05, 4.69) is 10.7 Å². The number of carbonyl (C=O) groups excluding carboxylic acids is 3. The van der Waals surface area contributed by atoms with Crippen molar-refractivity contribution in [2.45, 2.75) is 44.8 Å². The summed E-state index contributed by atoms with van der Waals surface area (Å²) in [5, 5.41) is 3.42. The molecule has 7 nitrogen and oxygen atoms in total. The van der Waals surface area contributed by atoms with Crippen LogP contribution in [0.15, 0.2) is 30.3 Å². The van der Waals surface area contributed by atoms with Crippen LogP contribution in [-0.2, 0) is 20.7 Å². The lowest BCUT2D eigenvalue weighted by molar-refractivity contribution is -0.139. The van der Waals surface area contributed by atoms with Crippen LogP contribution in [0.4, 0.5) is 4.79 Å². The van der Waals surface area contributed by atoms with Gasteiger partial charge in [0.25, 0.3) is 5.91 Å². The van der Waals surface area contributed by atoms with Crippen LogP contribution in [0.3, 0.4) is 0 Å². The van der Waals surface area contributed by atoms with Gasteiger partial charge in [0, 0.05) is 7.11 Å². The third-order valence-electron chi connectivity index (χ3n) is 4.13. The number of hydrogen-bond acceptors (Lipinski definition) is 4. The highest BCUT2D eigenvalue weighted by atomic mass is 16.5. The molecule has 2 unspecified atom stereocenters. The van der Waals surface area contributed by atoms with Crippen LogP contribution < -0.4 is 10.7 Å². The van der Waals surface area contributed by atoms with Gasteiger partial charge in [-0.25, -0.2) is 4.79 Å². The smallest absolute Gasteiger partial charge is 0.344 e. The molecule has 1 saturated heterocycles. The number of benzene rings is 1. The van der Waals surface area contributed by atoms with E-state index in [-0.39, 0.29) is 12.5 Å². The Labute approximate surface area is 141 Å². The molecule has 0 saturated carbocycles. The fourth-order valence-electron chi connectivity index (χ4n) is 2.51. The Bertz CT molecular complexity index is 620. The van der Waals surface area contributed by atoms with Gasteiger partial charge in [-0.2, -0.15) is 5.01 Å². The molecule has 2 N–H and O–H groups in total. The summed E-state index contributed by atoms with van der Waals surface area (Å²) in [6.07, 6.45) is 0.859. The van der Waals surface area contributed by atoms with Gasteiger partial charge in [0.2, 0.25) is 5.91 Å². The van der Waals surface area contributed by atoms with Crippen molar-refractivity contribution in [3.05, 3.63) is 35.9 Å². The minimum atomic E-state index is -1.03. The van der Waals surface area contributed by atoms with E-state index in [0.29, 0.717) is 12.8 Å². The van der Waals surface area contributed by atoms with E-state index in [9.17, 15) is 14.4 Å². The quantitative estimate of drug-likeness (QED) is 0.738. The van der Waals surface area contributed by atoms with Gasteiger partial charge >= 0.3 is 6.03 Å². The fraction of sp³-hybridized carbons (Fsp3) is 0.471. The van der Waals surface area contributed by atoms with Crippen molar-refractivity contribution in [2.75, 3.05) is 7.11 Å². The maximum Gasteiger partial charge on any atom is 0.344 e. The van der Waals surface area contributed by atoms with E-state index in [0.717, 1.165) is 10.6 Å². The van der Waals surface area contributed by atoms with Crippen molar-refractivity contribution in [3.63, 3.8) is 0 Å². The number of urea groups is 1. The first-order valence-corrected chi connectivity index (χ1v) is 7.88. The summed E-state index contributed by atoms with van der Waals surface area (Å²) in [5.41, 5.74) is 2.40. The number of carbonyl (C=O) groups is 3. The second-order valence-electron chi connectivity index (χ2n) is 6.17. The number of nitrogens with one attached hydrogen (secondary N) is 2. The Hall–Kier alpha value is -2.41. The molecular weight excluding hydrogens is 310 g/mol. The van der Waals surface area contributed by atoms with Crippen molar-refractivity contribution in [2.24, 2.45) is 0 Å². The largest absolute Gasteiger partial charge is 0.381 e. The number of aryl methyl sites for hydroxylation is 1. The molecule has 1 fully saturated rings. The molecule has 1 aromatic rings. The SMILES string of the molecule is COC(C)CC(=O)NN1C(=O)NC(C)(CCc2ccccc2)C1=O. The van der Waals surface area contributed by atoms with Crippen LogP contribution in [-0.4, -0.2) is 41.6 Å². The Morgan fingerprint density at radius 1 is 1.33 bits per heavy atom. The first kappa shape index (κ1) is 17.9. The van der Waals surface area contributed by atoms with E-state index < -0.39 is 23.4 Å². The number of hydrazine groups is 1. The number of imide groups is 1. The maximum atomic E-state index is 12.5. The molecule has 0 aliphatic carbocycles. The van der Waals surface area contributed by atoms with E-state index in [1.54, 1.807) is 13.8 Å². The Kier molecular flexibility index (Phi) is 5.56. The lowest BCUT2D eigenvalue weighted by Gasteiger charge is -2.21. The maximum absolute atomic E-state index is 12.5. The van der Waals surface area contributed by atoms with E-state index in [4.69, 9.17) is 4.74 Å². The standard InChI is InChI=1S/C17H23N3O4/c1-12(24-3)11-14(21)19-20-15(22)17(2,18-16(20)23)10-9-13-7-5-4-6-8-13/h4-8,12H,9-11H2,1-3H3,(H,18,23)(H,19,21). The predicted molar refractivity (Wildman–Crippen MR) is 87.8 cm³/mol. The number of rotatable bonds is 7. The summed E-state index contributed by atoms with van der Waals surface area (Å²) in [7, 11) is 1.49. The third-order valence-corrected chi connectivity index (χ3v) is 4.13. The average molecular weight is 333 g/mol. The van der Waals surface area contributed by atoms with Crippen LogP contribution in [0.25, 0.3) is 0 Å². The van der Waals surface area contributed by atoms with Gasteiger partial charge in [-0.3, -0.25) is 15.0 Å². The summed E-state index contributed by atoms with van der Waals surface area (Å²) in [4.78, 5) is 36.5. The number of amides is 4. The van der Waals surface area contributed by atoms with Crippen molar-refractivity contribution in [1.29, 1.82) is 0 Å². The third kappa shape index (κ3) is 4.11. The zero-order chi connectivity index (χ0) is 17.7. The summed E-state index contributed by atoms with van der Waals surface area (Å²) in [6, 6.07) is 9.10. The summed E-state index contributed by atoms with van der Waals surface area (Å²) in [5.74, 6) is -0.901. The van der Waals surface area contributed by atoms with Gasteiger partial charge in [0.15, 0.2) is 0 Å². The molecule has 0 bridgehead atoms. The van der Waals surface area contributed by atoms with Crippen LogP contribution in [0.5, 0.6) is 0 Å². The number of ether oxygens (including phenoxy) is 1. The van der Waals surface area contributed by atoms with Crippen molar-refractivity contribution in [3.8, 4) is 0 Å². The molecule has 24 heavy (non-hydrogen) atoms. The first-order chi connectivity index (χ1) is 11.4. The Balaban J connectivity index is 1.98. The molecule has 2 rings (SSSR count). The summed E-state index contributed by atoms with van der Waals surface area (Å²) >= 11 is 0. The minimum Gasteiger partial charge on any atom is -0.381 e. The normalized spacial score (nSPS) is 21.5. The van der Waals surface area contributed by atoms with Gasteiger partial charge in [-0.05, 0) is 32.3 Å². The zero-order valence-corrected chi connectivity index (χ0v) is 14.2. The second kappa shape index (κ2) is 7.44. The first-order valence-electron chi connectivity index (χ1n) is 7.88. The molecule has 1 aromatic carbocycles. The van der Waals surface area contributed by atoms with Gasteiger partial charge in [-0.15, -0.1) is 0 Å². The molecule has 0 aromatic heterocycles. The Morgan fingerprint density at radius 2 is 2.00 bits per heavy atom. The minimum absolute atomic E-state index is 0.0638. The highest BCUT2D eigenvalue weighted by Gasteiger charge is 2.48. The van der Waals surface area contributed by atoms with Crippen LogP contribution in [0.2, 0.25) is 0 Å². The molecule has 2 atom stereocenters. The van der Waals surface area contributed by atoms with Crippen LogP contribution in [0.1, 0.15) is 32.3 Å². The van der Waals surface area contributed by atoms with Crippen LogP contribution in [0, 0.1) is 0 Å². The average Bonchev–Trinajstić information content (AvgIpc) is 2.77. The van der Waals surface area contributed by atoms with Crippen molar-refractivity contribution in [1.82, 2.24) is 15.8 Å². The van der Waals surface area contributed by atoms with Gasteiger partial charge in [0.05, 0.1) is 12.5 Å². The van der Waals surface area contributed by atoms with E-state index in [1.807, 2.05) is 30.3 Å². The van der Waals surface area contributed by atoms with E-state index in [1.165, 1.54) is 7.11 Å². The van der Waals surface area contributed by atoms with E-state index >= 15 is 0 Å². The lowest BCUT2D eigenvalue weighted by atomic mass is 9.93. The number of hydrogen-bond donors (Lipinski definition) is 2. The van der Waals surface area contributed by atoms with Gasteiger partial charge in [0.1, 0.15) is 5.54 Å². The summed E-state index contributed by atoms with van der Waals surface area (Å²) < 4.78 is 5.00. The van der Waals surface area contributed by atoms with Gasteiger partial charge in [-0.1, -0.05) is 30.3 Å². The molecule has 4 amide bonds. The topological polar surface area (TPSA) is 87.7 Å². The molecule has 130 valence electrons. The zero-order valence-electron chi connectivity index (χ0n) is 14.2. The number of nitrogens with zero attached hydrogens (tertiary/aromatic N) is 1. The van der Waals surface area contributed by atoms with Crippen LogP contribution >= 0.6 is 0 Å². The lowest BCUT2D eigenvalue weighted by Crippen LogP contribution is -2.49. The highest BCUT2D eigenvalue weighted by molar-refractivity contribution is 6.07. The summed E-state index contributed by atoms with van der Waals surface area (Å²) in [6.45, 7) is 3.40. The molecule has 7 heteroatoms. The molecule has 1 aliphatic heterocycles. The fourth-order valence-corrected chi connectivity index (χ4v) is 2.51. The number of methoxy groups -OCH3 is 1. The van der Waals surface area contributed by atoms with Crippen molar-refractivity contribution >= 4 is 17.8 Å². The second-order valence-corrected chi connectivity index (χ2v) is 6.17.